The number of anilines is 1. The standard InChI is InChI=1S/C13H11IN2O2/c1-8-2-4-10(6-11(8)14)16-13(18)9-3-5-12(17)15-7-9/h2-7H,1H3,(H,15,17)(H,16,18). The van der Waals surface area contributed by atoms with Crippen LogP contribution in [0.4, 0.5) is 5.69 Å². The number of rotatable bonds is 2. The van der Waals surface area contributed by atoms with Crippen molar-refractivity contribution in [3.8, 4) is 0 Å². The summed E-state index contributed by atoms with van der Waals surface area (Å²) in [5, 5.41) is 2.78. The Labute approximate surface area is 118 Å². The molecule has 0 atom stereocenters. The van der Waals surface area contributed by atoms with E-state index in [9.17, 15) is 9.59 Å². The highest BCUT2D eigenvalue weighted by atomic mass is 127. The number of pyridine rings is 1. The first kappa shape index (κ1) is 12.8. The number of halogens is 1. The molecule has 5 heteroatoms. The fourth-order valence-electron chi connectivity index (χ4n) is 1.43. The van der Waals surface area contributed by atoms with Crippen LogP contribution in [0.15, 0.2) is 41.3 Å². The number of benzene rings is 1. The Kier molecular flexibility index (Phi) is 3.81. The van der Waals surface area contributed by atoms with Crippen molar-refractivity contribution in [3.63, 3.8) is 0 Å². The molecule has 1 heterocycles. The zero-order valence-electron chi connectivity index (χ0n) is 9.66. The number of nitrogens with one attached hydrogen (secondary N) is 2. The van der Waals surface area contributed by atoms with Crippen LogP contribution in [0.3, 0.4) is 0 Å². The van der Waals surface area contributed by atoms with Gasteiger partial charge in [-0.1, -0.05) is 6.07 Å². The van der Waals surface area contributed by atoms with Crippen molar-refractivity contribution in [1.29, 1.82) is 0 Å². The Balaban J connectivity index is 2.18. The van der Waals surface area contributed by atoms with Gasteiger partial charge in [0.1, 0.15) is 0 Å². The molecular formula is C13H11IN2O2. The van der Waals surface area contributed by atoms with Gasteiger partial charge < -0.3 is 10.3 Å². The number of hydrogen-bond acceptors (Lipinski definition) is 2. The highest BCUT2D eigenvalue weighted by Gasteiger charge is 2.06. The van der Waals surface area contributed by atoms with Gasteiger partial charge in [0.2, 0.25) is 5.56 Å². The third-order valence-electron chi connectivity index (χ3n) is 2.48. The fourth-order valence-corrected chi connectivity index (χ4v) is 1.94. The van der Waals surface area contributed by atoms with Gasteiger partial charge in [-0.2, -0.15) is 0 Å². The smallest absolute Gasteiger partial charge is 0.257 e. The van der Waals surface area contributed by atoms with Gasteiger partial charge in [-0.3, -0.25) is 9.59 Å². The molecule has 2 rings (SSSR count). The van der Waals surface area contributed by atoms with Gasteiger partial charge in [-0.25, -0.2) is 0 Å². The van der Waals surface area contributed by atoms with Crippen LogP contribution in [0, 0.1) is 10.5 Å². The summed E-state index contributed by atoms with van der Waals surface area (Å²) in [5.41, 5.74) is 2.10. The Bertz CT molecular complexity index is 629. The third kappa shape index (κ3) is 2.98. The van der Waals surface area contributed by atoms with Crippen LogP contribution in [-0.4, -0.2) is 10.9 Å². The van der Waals surface area contributed by atoms with E-state index in [-0.39, 0.29) is 11.5 Å². The predicted octanol–water partition coefficient (Wildman–Crippen LogP) is 2.54. The maximum absolute atomic E-state index is 11.9. The Hall–Kier alpha value is -1.63. The Morgan fingerprint density at radius 3 is 2.67 bits per heavy atom. The molecule has 0 saturated carbocycles. The van der Waals surface area contributed by atoms with E-state index in [2.05, 4.69) is 32.9 Å². The summed E-state index contributed by atoms with van der Waals surface area (Å²) in [5.74, 6) is -0.245. The quantitative estimate of drug-likeness (QED) is 0.815. The summed E-state index contributed by atoms with van der Waals surface area (Å²) in [7, 11) is 0. The van der Waals surface area contributed by atoms with Crippen LogP contribution < -0.4 is 10.9 Å². The molecule has 0 bridgehead atoms. The van der Waals surface area contributed by atoms with Gasteiger partial charge in [-0.15, -0.1) is 0 Å². The van der Waals surface area contributed by atoms with Gasteiger partial charge in [0.15, 0.2) is 0 Å². The summed E-state index contributed by atoms with van der Waals surface area (Å²) in [6.45, 7) is 2.01. The van der Waals surface area contributed by atoms with Crippen molar-refractivity contribution in [3.05, 3.63) is 61.6 Å². The summed E-state index contributed by atoms with van der Waals surface area (Å²) in [6.07, 6.45) is 1.40. The van der Waals surface area contributed by atoms with E-state index in [4.69, 9.17) is 0 Å². The van der Waals surface area contributed by atoms with Crippen molar-refractivity contribution in [2.45, 2.75) is 6.92 Å². The highest BCUT2D eigenvalue weighted by Crippen LogP contribution is 2.17. The van der Waals surface area contributed by atoms with E-state index in [1.807, 2.05) is 25.1 Å². The summed E-state index contributed by atoms with van der Waals surface area (Å²) < 4.78 is 1.09. The zero-order chi connectivity index (χ0) is 13.1. The second kappa shape index (κ2) is 5.34. The number of hydrogen-bond donors (Lipinski definition) is 2. The van der Waals surface area contributed by atoms with Crippen molar-refractivity contribution in [2.75, 3.05) is 5.32 Å². The number of carbonyl (C=O) groups excluding carboxylic acids is 1. The largest absolute Gasteiger partial charge is 0.328 e. The van der Waals surface area contributed by atoms with Crippen molar-refractivity contribution < 1.29 is 4.79 Å². The molecule has 2 aromatic rings. The highest BCUT2D eigenvalue weighted by molar-refractivity contribution is 14.1. The minimum Gasteiger partial charge on any atom is -0.328 e. The fraction of sp³-hybridized carbons (Fsp3) is 0.0769. The molecule has 0 fully saturated rings. The topological polar surface area (TPSA) is 62.0 Å². The predicted molar refractivity (Wildman–Crippen MR) is 78.9 cm³/mol. The molecule has 0 spiro atoms. The van der Waals surface area contributed by atoms with Crippen molar-refractivity contribution in [2.24, 2.45) is 0 Å². The van der Waals surface area contributed by atoms with E-state index in [0.29, 0.717) is 5.56 Å². The Morgan fingerprint density at radius 1 is 1.28 bits per heavy atom. The molecule has 1 aromatic carbocycles. The van der Waals surface area contributed by atoms with E-state index < -0.39 is 0 Å². The van der Waals surface area contributed by atoms with Gasteiger partial charge >= 0.3 is 0 Å². The van der Waals surface area contributed by atoms with Gasteiger partial charge in [0.25, 0.3) is 5.91 Å². The number of carbonyl (C=O) groups is 1. The summed E-state index contributed by atoms with van der Waals surface area (Å²) >= 11 is 2.22. The molecule has 0 aliphatic carbocycles. The normalized spacial score (nSPS) is 10.1. The lowest BCUT2D eigenvalue weighted by molar-refractivity contribution is 0.102. The lowest BCUT2D eigenvalue weighted by Gasteiger charge is -2.06. The van der Waals surface area contributed by atoms with Crippen LogP contribution in [0.5, 0.6) is 0 Å². The lowest BCUT2D eigenvalue weighted by atomic mass is 10.2. The minimum atomic E-state index is -0.245. The van der Waals surface area contributed by atoms with Crippen molar-refractivity contribution in [1.82, 2.24) is 4.98 Å². The molecule has 0 unspecified atom stereocenters. The summed E-state index contributed by atoms with van der Waals surface area (Å²) in [6, 6.07) is 8.52. The monoisotopic (exact) mass is 354 g/mol. The van der Waals surface area contributed by atoms with Gasteiger partial charge in [0, 0.05) is 21.5 Å². The Morgan fingerprint density at radius 2 is 2.06 bits per heavy atom. The maximum atomic E-state index is 11.9. The van der Waals surface area contributed by atoms with Crippen LogP contribution >= 0.6 is 22.6 Å². The molecule has 1 amide bonds. The molecule has 4 nitrogen and oxygen atoms in total. The van der Waals surface area contributed by atoms with Crippen LogP contribution in [-0.2, 0) is 0 Å². The maximum Gasteiger partial charge on any atom is 0.257 e. The van der Waals surface area contributed by atoms with Gasteiger partial charge in [0.05, 0.1) is 5.56 Å². The molecule has 2 N–H and O–H groups in total. The van der Waals surface area contributed by atoms with Gasteiger partial charge in [-0.05, 0) is 53.3 Å². The van der Waals surface area contributed by atoms with Crippen LogP contribution in [0.2, 0.25) is 0 Å². The molecule has 0 radical (unpaired) electrons. The van der Waals surface area contributed by atoms with Crippen LogP contribution in [0.25, 0.3) is 0 Å². The van der Waals surface area contributed by atoms with E-state index in [1.165, 1.54) is 18.3 Å². The molecule has 0 saturated heterocycles. The van der Waals surface area contributed by atoms with E-state index in [1.54, 1.807) is 0 Å². The van der Waals surface area contributed by atoms with E-state index >= 15 is 0 Å². The second-order valence-electron chi connectivity index (χ2n) is 3.86. The summed E-state index contributed by atoms with van der Waals surface area (Å²) in [4.78, 5) is 25.3. The first-order valence-electron chi connectivity index (χ1n) is 5.32. The first-order valence-corrected chi connectivity index (χ1v) is 6.40. The SMILES string of the molecule is Cc1ccc(NC(=O)c2ccc(=O)[nH]c2)cc1I. The molecule has 1 aromatic heterocycles. The number of amides is 1. The average molecular weight is 354 g/mol. The third-order valence-corrected chi connectivity index (χ3v) is 3.64. The molecule has 18 heavy (non-hydrogen) atoms. The molecule has 0 aliphatic heterocycles. The minimum absolute atomic E-state index is 0.226. The molecule has 92 valence electrons. The van der Waals surface area contributed by atoms with Crippen molar-refractivity contribution >= 4 is 34.2 Å². The van der Waals surface area contributed by atoms with E-state index in [0.717, 1.165) is 14.8 Å². The zero-order valence-corrected chi connectivity index (χ0v) is 11.8. The number of aromatic nitrogens is 1. The second-order valence-corrected chi connectivity index (χ2v) is 5.02. The number of H-pyrrole nitrogens is 1. The number of aromatic amines is 1. The van der Waals surface area contributed by atoms with Crippen LogP contribution in [0.1, 0.15) is 15.9 Å². The number of aryl methyl sites for hydroxylation is 1. The average Bonchev–Trinajstić information content (AvgIpc) is 2.34. The first-order chi connectivity index (χ1) is 8.56. The molecule has 0 aliphatic rings. The molecular weight excluding hydrogens is 343 g/mol. The lowest BCUT2D eigenvalue weighted by Crippen LogP contribution is -2.14.